The highest BCUT2D eigenvalue weighted by Crippen LogP contribution is 2.31. The summed E-state index contributed by atoms with van der Waals surface area (Å²) >= 11 is 0. The summed E-state index contributed by atoms with van der Waals surface area (Å²) in [4.78, 5) is 10.0. The van der Waals surface area contributed by atoms with Crippen LogP contribution in [0.25, 0.3) is 0 Å². The fourth-order valence-electron chi connectivity index (χ4n) is 1.35. The van der Waals surface area contributed by atoms with Crippen LogP contribution in [0.1, 0.15) is 12.8 Å². The average molecular weight is 176 g/mol. The van der Waals surface area contributed by atoms with Gasteiger partial charge in [-0.05, 0) is 12.8 Å². The van der Waals surface area contributed by atoms with Crippen LogP contribution in [0.4, 0.5) is 8.78 Å². The van der Waals surface area contributed by atoms with Gasteiger partial charge < -0.3 is 5.11 Å². The van der Waals surface area contributed by atoms with Crippen molar-refractivity contribution in [2.24, 2.45) is 5.92 Å². The van der Waals surface area contributed by atoms with E-state index in [0.29, 0.717) is 6.42 Å². The van der Waals surface area contributed by atoms with Gasteiger partial charge in [0.25, 0.3) is 0 Å². The first-order valence-electron chi connectivity index (χ1n) is 3.80. The molecule has 0 aliphatic heterocycles. The summed E-state index contributed by atoms with van der Waals surface area (Å²) in [5, 5.41) is 8.22. The second kappa shape index (κ2) is 3.65. The van der Waals surface area contributed by atoms with Gasteiger partial charge in [-0.3, -0.25) is 0 Å². The monoisotopic (exact) mass is 176 g/mol. The number of aliphatic carboxylic acids is 1. The molecule has 3 atom stereocenters. The molecule has 0 bridgehead atoms. The molecular weight excluding hydrogens is 166 g/mol. The van der Waals surface area contributed by atoms with Crippen LogP contribution < -0.4 is 0 Å². The molecule has 2 nitrogen and oxygen atoms in total. The number of carboxylic acid groups (broad SMARTS) is 1. The number of allylic oxidation sites excluding steroid dienone is 1. The topological polar surface area (TPSA) is 37.3 Å². The van der Waals surface area contributed by atoms with E-state index in [1.807, 2.05) is 0 Å². The van der Waals surface area contributed by atoms with Crippen LogP contribution in [0.15, 0.2) is 12.2 Å². The molecule has 0 spiro atoms. The molecule has 68 valence electrons. The van der Waals surface area contributed by atoms with Crippen molar-refractivity contribution >= 4 is 5.97 Å². The Labute approximate surface area is 68.9 Å². The van der Waals surface area contributed by atoms with Gasteiger partial charge in [-0.1, -0.05) is 6.08 Å². The lowest BCUT2D eigenvalue weighted by molar-refractivity contribution is -0.131. The molecule has 0 aromatic rings. The molecule has 3 unspecified atom stereocenters. The zero-order valence-corrected chi connectivity index (χ0v) is 6.41. The maximum Gasteiger partial charge on any atom is 0.327 e. The van der Waals surface area contributed by atoms with Crippen LogP contribution in [-0.2, 0) is 4.79 Å². The van der Waals surface area contributed by atoms with Crippen LogP contribution >= 0.6 is 0 Å². The van der Waals surface area contributed by atoms with Gasteiger partial charge in [-0.2, -0.15) is 0 Å². The number of carboxylic acids is 1. The summed E-state index contributed by atoms with van der Waals surface area (Å²) in [7, 11) is 0. The van der Waals surface area contributed by atoms with Crippen LogP contribution in [0, 0.1) is 5.92 Å². The van der Waals surface area contributed by atoms with Crippen molar-refractivity contribution in [3.63, 3.8) is 0 Å². The Bertz CT molecular complexity index is 203. The van der Waals surface area contributed by atoms with Crippen LogP contribution in [0.5, 0.6) is 0 Å². The second-order valence-corrected chi connectivity index (χ2v) is 2.90. The Balaban J connectivity index is 2.49. The van der Waals surface area contributed by atoms with Crippen molar-refractivity contribution in [3.05, 3.63) is 12.2 Å². The molecule has 0 aromatic heterocycles. The fourth-order valence-corrected chi connectivity index (χ4v) is 1.35. The first kappa shape index (κ1) is 9.16. The minimum absolute atomic E-state index is 0.190. The van der Waals surface area contributed by atoms with Gasteiger partial charge in [-0.25, -0.2) is 13.6 Å². The van der Waals surface area contributed by atoms with Crippen LogP contribution in [0.2, 0.25) is 0 Å². The molecule has 1 rings (SSSR count). The molecule has 1 aliphatic rings. The molecule has 1 aliphatic carbocycles. The quantitative estimate of drug-likeness (QED) is 0.650. The van der Waals surface area contributed by atoms with Gasteiger partial charge in [0.05, 0.1) is 0 Å². The normalized spacial score (nSPS) is 36.0. The number of halogens is 2. The highest BCUT2D eigenvalue weighted by atomic mass is 19.2. The van der Waals surface area contributed by atoms with E-state index in [2.05, 4.69) is 0 Å². The Morgan fingerprint density at radius 3 is 2.50 bits per heavy atom. The number of rotatable bonds is 2. The minimum atomic E-state index is -1.53. The predicted octanol–water partition coefficient (Wildman–Crippen LogP) is 1.71. The van der Waals surface area contributed by atoms with Crippen molar-refractivity contribution < 1.29 is 18.7 Å². The number of carbonyl (C=O) groups is 1. The van der Waals surface area contributed by atoms with E-state index in [4.69, 9.17) is 5.11 Å². The molecule has 0 radical (unpaired) electrons. The summed E-state index contributed by atoms with van der Waals surface area (Å²) in [5.74, 6) is -1.68. The largest absolute Gasteiger partial charge is 0.478 e. The molecule has 0 amide bonds. The van der Waals surface area contributed by atoms with Crippen molar-refractivity contribution in [2.45, 2.75) is 25.2 Å². The summed E-state index contributed by atoms with van der Waals surface area (Å²) in [6.45, 7) is 0. The number of hydrogen-bond donors (Lipinski definition) is 1. The molecule has 1 N–H and O–H groups in total. The third kappa shape index (κ3) is 2.03. The summed E-state index contributed by atoms with van der Waals surface area (Å²) in [6, 6.07) is 0. The van der Waals surface area contributed by atoms with Gasteiger partial charge in [0.15, 0.2) is 0 Å². The number of alkyl halides is 2. The molecule has 1 fully saturated rings. The molecule has 1 saturated carbocycles. The molecule has 4 heteroatoms. The zero-order valence-electron chi connectivity index (χ0n) is 6.41. The Hall–Kier alpha value is -0.930. The van der Waals surface area contributed by atoms with E-state index in [0.717, 1.165) is 6.08 Å². The molecule has 0 saturated heterocycles. The molecule has 12 heavy (non-hydrogen) atoms. The van der Waals surface area contributed by atoms with E-state index in [1.54, 1.807) is 0 Å². The van der Waals surface area contributed by atoms with E-state index in [9.17, 15) is 13.6 Å². The summed E-state index contributed by atoms with van der Waals surface area (Å²) in [5.41, 5.74) is 0. The Morgan fingerprint density at radius 2 is 2.08 bits per heavy atom. The first-order chi connectivity index (χ1) is 5.61. The Kier molecular flexibility index (Phi) is 2.78. The van der Waals surface area contributed by atoms with Gasteiger partial charge in [0, 0.05) is 12.0 Å². The highest BCUT2D eigenvalue weighted by molar-refractivity contribution is 5.79. The van der Waals surface area contributed by atoms with Crippen molar-refractivity contribution in [2.75, 3.05) is 0 Å². The summed E-state index contributed by atoms with van der Waals surface area (Å²) < 4.78 is 25.3. The third-order valence-electron chi connectivity index (χ3n) is 2.02. The van der Waals surface area contributed by atoms with Crippen molar-refractivity contribution in [1.82, 2.24) is 0 Å². The predicted molar refractivity (Wildman–Crippen MR) is 39.3 cm³/mol. The lowest BCUT2D eigenvalue weighted by Gasteiger charge is -2.06. The lowest BCUT2D eigenvalue weighted by atomic mass is 10.1. The Morgan fingerprint density at radius 1 is 1.42 bits per heavy atom. The van der Waals surface area contributed by atoms with Gasteiger partial charge in [0.1, 0.15) is 12.3 Å². The second-order valence-electron chi connectivity index (χ2n) is 2.90. The van der Waals surface area contributed by atoms with E-state index in [-0.39, 0.29) is 6.42 Å². The van der Waals surface area contributed by atoms with E-state index in [1.165, 1.54) is 6.08 Å². The van der Waals surface area contributed by atoms with Crippen LogP contribution in [-0.4, -0.2) is 23.4 Å². The van der Waals surface area contributed by atoms with Gasteiger partial charge in [-0.15, -0.1) is 0 Å². The minimum Gasteiger partial charge on any atom is -0.478 e. The average Bonchev–Trinajstić information content (AvgIpc) is 2.30. The highest BCUT2D eigenvalue weighted by Gasteiger charge is 2.34. The fraction of sp³-hybridized carbons (Fsp3) is 0.625. The molecule has 0 heterocycles. The third-order valence-corrected chi connectivity index (χ3v) is 2.02. The van der Waals surface area contributed by atoms with E-state index < -0.39 is 24.2 Å². The zero-order chi connectivity index (χ0) is 9.14. The standard InChI is InChI=1S/C8H10F2O2/c9-6-3-1-5(8(6)10)2-4-7(11)12/h2,4-6,8H,1,3H2,(H,11,12)/b4-2-. The lowest BCUT2D eigenvalue weighted by Crippen LogP contribution is -2.15. The van der Waals surface area contributed by atoms with Gasteiger partial charge in [0.2, 0.25) is 0 Å². The van der Waals surface area contributed by atoms with E-state index >= 15 is 0 Å². The first-order valence-corrected chi connectivity index (χ1v) is 3.80. The van der Waals surface area contributed by atoms with Gasteiger partial charge >= 0.3 is 5.97 Å². The van der Waals surface area contributed by atoms with Crippen LogP contribution in [0.3, 0.4) is 0 Å². The molecular formula is C8H10F2O2. The number of hydrogen-bond acceptors (Lipinski definition) is 1. The molecule has 0 aromatic carbocycles. The maximum atomic E-state index is 12.8. The van der Waals surface area contributed by atoms with Crippen molar-refractivity contribution in [1.29, 1.82) is 0 Å². The summed E-state index contributed by atoms with van der Waals surface area (Å²) in [6.07, 6.45) is -0.266. The smallest absolute Gasteiger partial charge is 0.327 e. The maximum absolute atomic E-state index is 12.8. The van der Waals surface area contributed by atoms with Crippen molar-refractivity contribution in [3.8, 4) is 0 Å². The SMILES string of the molecule is O=C(O)/C=C\C1CCC(F)C1F.